The molecule has 9 nitrogen and oxygen atoms in total. The van der Waals surface area contributed by atoms with Crippen molar-refractivity contribution in [2.75, 3.05) is 11.3 Å². The van der Waals surface area contributed by atoms with Crippen LogP contribution in [0, 0.1) is 24.0 Å². The molecule has 2 aromatic carbocycles. The molecule has 0 saturated carbocycles. The van der Waals surface area contributed by atoms with Crippen LogP contribution in [-0.2, 0) is 20.0 Å². The molecule has 0 atom stereocenters. The van der Waals surface area contributed by atoms with E-state index in [1.165, 1.54) is 24.6 Å². The lowest BCUT2D eigenvalue weighted by Crippen LogP contribution is -2.33. The molecule has 0 amide bonds. The van der Waals surface area contributed by atoms with E-state index in [0.717, 1.165) is 30.3 Å². The van der Waals surface area contributed by atoms with E-state index < -0.39 is 48.3 Å². The highest BCUT2D eigenvalue weighted by molar-refractivity contribution is 7.92. The van der Waals surface area contributed by atoms with Gasteiger partial charge < -0.3 is 0 Å². The molecule has 0 aliphatic heterocycles. The zero-order chi connectivity index (χ0) is 22.9. The lowest BCUT2D eigenvalue weighted by molar-refractivity contribution is -0.385. The minimum absolute atomic E-state index is 0.0895. The summed E-state index contributed by atoms with van der Waals surface area (Å²) in [7, 11) is -8.72. The number of non-ortho nitro benzene ring substituents is 1. The van der Waals surface area contributed by atoms with Gasteiger partial charge in [-0.1, -0.05) is 0 Å². The second kappa shape index (κ2) is 8.20. The van der Waals surface area contributed by atoms with Gasteiger partial charge in [-0.3, -0.25) is 14.8 Å². The normalized spacial score (nSPS) is 12.6. The van der Waals surface area contributed by atoms with E-state index in [1.54, 1.807) is 0 Å². The van der Waals surface area contributed by atoms with E-state index in [0.29, 0.717) is 5.56 Å². The predicted octanol–water partition coefficient (Wildman–Crippen LogP) is 2.85. The third-order valence-corrected chi connectivity index (χ3v) is 6.91. The molecule has 2 aromatic rings. The van der Waals surface area contributed by atoms with Gasteiger partial charge in [0.1, 0.15) is 6.54 Å². The fraction of sp³-hybridized carbons (Fsp3) is 0.250. The van der Waals surface area contributed by atoms with Crippen molar-refractivity contribution in [2.45, 2.75) is 29.8 Å². The number of nitro benzene ring substituents is 1. The van der Waals surface area contributed by atoms with E-state index in [2.05, 4.69) is 4.72 Å². The third-order valence-electron chi connectivity index (χ3n) is 3.98. The summed E-state index contributed by atoms with van der Waals surface area (Å²) in [5.41, 5.74) is 0.148. The fourth-order valence-electron chi connectivity index (χ4n) is 2.37. The fourth-order valence-corrected chi connectivity index (χ4v) is 4.78. The van der Waals surface area contributed by atoms with Crippen LogP contribution in [0.1, 0.15) is 11.1 Å². The maximum absolute atomic E-state index is 12.7. The molecule has 0 bridgehead atoms. The monoisotopic (exact) mass is 467 g/mol. The summed E-state index contributed by atoms with van der Waals surface area (Å²) in [6.07, 6.45) is -4.74. The van der Waals surface area contributed by atoms with Crippen LogP contribution in [0.3, 0.4) is 0 Å². The van der Waals surface area contributed by atoms with Crippen LogP contribution in [0.5, 0.6) is 0 Å². The Morgan fingerprint density at radius 1 is 1.00 bits per heavy atom. The highest BCUT2D eigenvalue weighted by Gasteiger charge is 2.30. The number of hydrogen-bond donors (Lipinski definition) is 2. The van der Waals surface area contributed by atoms with Gasteiger partial charge in [-0.05, 0) is 49.2 Å². The topological polar surface area (TPSA) is 135 Å². The number of nitrogens with one attached hydrogen (secondary N) is 2. The molecular formula is C16H16F3N3O6S2. The van der Waals surface area contributed by atoms with Crippen molar-refractivity contribution >= 4 is 31.4 Å². The number of sulfonamides is 2. The molecule has 14 heteroatoms. The summed E-state index contributed by atoms with van der Waals surface area (Å²) in [5.74, 6) is 0. The Bertz CT molecular complexity index is 1180. The molecule has 0 fully saturated rings. The van der Waals surface area contributed by atoms with Crippen LogP contribution < -0.4 is 9.44 Å². The molecule has 0 unspecified atom stereocenters. The first-order valence-corrected chi connectivity index (χ1v) is 11.0. The summed E-state index contributed by atoms with van der Waals surface area (Å²) in [6.45, 7) is 1.22. The third kappa shape index (κ3) is 5.67. The molecule has 0 radical (unpaired) electrons. The summed E-state index contributed by atoms with van der Waals surface area (Å²) in [6, 6.07) is 6.04. The molecular weight excluding hydrogens is 451 g/mol. The number of halogens is 3. The largest absolute Gasteiger partial charge is 0.402 e. The van der Waals surface area contributed by atoms with Gasteiger partial charge >= 0.3 is 6.18 Å². The summed E-state index contributed by atoms with van der Waals surface area (Å²) >= 11 is 0. The quantitative estimate of drug-likeness (QED) is 0.475. The van der Waals surface area contributed by atoms with Gasteiger partial charge in [0.2, 0.25) is 10.0 Å². The van der Waals surface area contributed by atoms with Crippen molar-refractivity contribution in [3.05, 3.63) is 57.6 Å². The average molecular weight is 467 g/mol. The summed E-state index contributed by atoms with van der Waals surface area (Å²) in [5, 5.41) is 11.0. The first-order valence-electron chi connectivity index (χ1n) is 8.07. The second-order valence-electron chi connectivity index (χ2n) is 6.21. The number of benzene rings is 2. The minimum Gasteiger partial charge on any atom is -0.280 e. The van der Waals surface area contributed by atoms with Gasteiger partial charge in [0.25, 0.3) is 15.7 Å². The Hall–Kier alpha value is -2.71. The Morgan fingerprint density at radius 3 is 2.07 bits per heavy atom. The molecule has 0 aliphatic carbocycles. The Kier molecular flexibility index (Phi) is 6.44. The van der Waals surface area contributed by atoms with Crippen LogP contribution in [0.2, 0.25) is 0 Å². The Labute approximate surface area is 170 Å². The van der Waals surface area contributed by atoms with Crippen molar-refractivity contribution in [1.82, 2.24) is 4.72 Å². The smallest absolute Gasteiger partial charge is 0.280 e. The summed E-state index contributed by atoms with van der Waals surface area (Å²) < 4.78 is 89.2. The lowest BCUT2D eigenvalue weighted by Gasteiger charge is -2.13. The van der Waals surface area contributed by atoms with Crippen molar-refractivity contribution in [2.24, 2.45) is 0 Å². The highest BCUT2D eigenvalue weighted by Crippen LogP contribution is 2.27. The first-order chi connectivity index (χ1) is 13.6. The van der Waals surface area contributed by atoms with E-state index in [-0.39, 0.29) is 16.1 Å². The predicted molar refractivity (Wildman–Crippen MR) is 101 cm³/mol. The minimum atomic E-state index is -4.74. The molecule has 0 heterocycles. The van der Waals surface area contributed by atoms with Gasteiger partial charge in [0.05, 0.1) is 14.7 Å². The van der Waals surface area contributed by atoms with E-state index in [9.17, 15) is 40.1 Å². The van der Waals surface area contributed by atoms with Crippen LogP contribution in [0.25, 0.3) is 0 Å². The molecule has 2 N–H and O–H groups in total. The van der Waals surface area contributed by atoms with Crippen LogP contribution in [0.4, 0.5) is 24.5 Å². The van der Waals surface area contributed by atoms with Gasteiger partial charge in [-0.2, -0.15) is 13.2 Å². The van der Waals surface area contributed by atoms with Crippen molar-refractivity contribution < 1.29 is 34.9 Å². The molecule has 164 valence electrons. The van der Waals surface area contributed by atoms with Crippen LogP contribution in [0.15, 0.2) is 46.2 Å². The van der Waals surface area contributed by atoms with Gasteiger partial charge in [-0.25, -0.2) is 21.6 Å². The average Bonchev–Trinajstić information content (AvgIpc) is 2.61. The van der Waals surface area contributed by atoms with Crippen molar-refractivity contribution in [1.29, 1.82) is 0 Å². The number of aryl methyl sites for hydroxylation is 1. The van der Waals surface area contributed by atoms with Crippen molar-refractivity contribution in [3.63, 3.8) is 0 Å². The van der Waals surface area contributed by atoms with E-state index in [4.69, 9.17) is 0 Å². The number of hydrogen-bond acceptors (Lipinski definition) is 6. The maximum atomic E-state index is 12.7. The highest BCUT2D eigenvalue weighted by atomic mass is 32.2. The number of alkyl halides is 3. The van der Waals surface area contributed by atoms with E-state index in [1.807, 2.05) is 0 Å². The maximum Gasteiger partial charge on any atom is 0.402 e. The zero-order valence-electron chi connectivity index (χ0n) is 15.5. The molecule has 0 saturated heterocycles. The number of rotatable bonds is 7. The standard InChI is InChI=1S/C16H16F3N3O6S2/c1-10-7-13(22(23)24)8-15(11(10)2)30(27,28)21-12-3-5-14(6-4-12)29(25,26)20-9-16(17,18)19/h3-8,20-21H,9H2,1-2H3. The number of nitrogens with zero attached hydrogens (tertiary/aromatic N) is 1. The Balaban J connectivity index is 2.30. The van der Waals surface area contributed by atoms with Gasteiger partial charge in [-0.15, -0.1) is 0 Å². The zero-order valence-corrected chi connectivity index (χ0v) is 17.2. The van der Waals surface area contributed by atoms with Crippen LogP contribution >= 0.6 is 0 Å². The lowest BCUT2D eigenvalue weighted by atomic mass is 10.1. The molecule has 0 aromatic heterocycles. The van der Waals surface area contributed by atoms with Crippen molar-refractivity contribution in [3.8, 4) is 0 Å². The molecule has 0 aliphatic rings. The number of anilines is 1. The van der Waals surface area contributed by atoms with E-state index >= 15 is 0 Å². The van der Waals surface area contributed by atoms with Gasteiger partial charge in [0.15, 0.2) is 0 Å². The first kappa shape index (κ1) is 23.6. The SMILES string of the molecule is Cc1cc([N+](=O)[O-])cc(S(=O)(=O)Nc2ccc(S(=O)(=O)NCC(F)(F)F)cc2)c1C. The molecule has 30 heavy (non-hydrogen) atoms. The summed E-state index contributed by atoms with van der Waals surface area (Å²) in [4.78, 5) is 9.43. The Morgan fingerprint density at radius 2 is 1.57 bits per heavy atom. The number of nitro groups is 1. The molecule has 0 spiro atoms. The van der Waals surface area contributed by atoms with Crippen LogP contribution in [-0.4, -0.2) is 34.5 Å². The van der Waals surface area contributed by atoms with Gasteiger partial charge in [0, 0.05) is 17.8 Å². The second-order valence-corrected chi connectivity index (χ2v) is 9.63. The molecule has 2 rings (SSSR count).